The fraction of sp³-hybridized carbons (Fsp3) is 0.133. The summed E-state index contributed by atoms with van der Waals surface area (Å²) in [6, 6.07) is 7.90. The minimum Gasteiger partial charge on any atom is -0.422 e. The Balaban J connectivity index is 2.27. The Bertz CT molecular complexity index is 861. The van der Waals surface area contributed by atoms with E-state index in [9.17, 15) is 9.65 Å². The monoisotopic (exact) mass is 329 g/mol. The summed E-state index contributed by atoms with van der Waals surface area (Å²) in [5.74, 6) is -0.803. The van der Waals surface area contributed by atoms with Gasteiger partial charge in [-0.05, 0) is 24.0 Å². The summed E-state index contributed by atoms with van der Waals surface area (Å²) in [7, 11) is 0. The lowest BCUT2D eigenvalue weighted by Gasteiger charge is -2.26. The van der Waals surface area contributed by atoms with E-state index in [0.717, 1.165) is 0 Å². The molecule has 0 fully saturated rings. The van der Waals surface area contributed by atoms with Gasteiger partial charge in [0.25, 0.3) is 0 Å². The van der Waals surface area contributed by atoms with Gasteiger partial charge in [-0.3, -0.25) is 0 Å². The number of nitrogens with two attached hydrogens (primary N) is 2. The molecule has 2 aromatic rings. The Labute approximate surface area is 136 Å². The summed E-state index contributed by atoms with van der Waals surface area (Å²) in [5.41, 5.74) is 13.0. The molecule has 0 spiro atoms. The predicted molar refractivity (Wildman–Crippen MR) is 83.9 cm³/mol. The molecule has 0 saturated heterocycles. The minimum atomic E-state index is -0.671. The van der Waals surface area contributed by atoms with Crippen LogP contribution in [0.3, 0.4) is 0 Å². The van der Waals surface area contributed by atoms with Crippen molar-refractivity contribution in [2.24, 2.45) is 5.73 Å². The fourth-order valence-corrected chi connectivity index (χ4v) is 2.83. The summed E-state index contributed by atoms with van der Waals surface area (Å²) in [5, 5.41) is 9.86. The van der Waals surface area contributed by atoms with Crippen molar-refractivity contribution in [3.8, 4) is 11.9 Å². The van der Waals surface area contributed by atoms with Crippen LogP contribution in [-0.2, 0) is 0 Å². The van der Waals surface area contributed by atoms with E-state index in [1.807, 2.05) is 6.07 Å². The number of allylic oxidation sites excluding steroid dienone is 1. The fourth-order valence-electron chi connectivity index (χ4n) is 2.47. The summed E-state index contributed by atoms with van der Waals surface area (Å²) in [6.45, 7) is 0. The molecule has 0 saturated carbocycles. The van der Waals surface area contributed by atoms with Crippen LogP contribution in [0.2, 0.25) is 0 Å². The van der Waals surface area contributed by atoms with Crippen molar-refractivity contribution in [1.82, 2.24) is 9.97 Å². The second-order valence-corrected chi connectivity index (χ2v) is 5.57. The molecule has 2 heterocycles. The van der Waals surface area contributed by atoms with Crippen molar-refractivity contribution in [3.63, 3.8) is 0 Å². The molecule has 0 bridgehead atoms. The number of nitrogen functional groups attached to an aromatic ring is 1. The lowest BCUT2D eigenvalue weighted by atomic mass is 9.84. The van der Waals surface area contributed by atoms with E-state index in [4.69, 9.17) is 16.2 Å². The van der Waals surface area contributed by atoms with Gasteiger partial charge in [-0.1, -0.05) is 23.9 Å². The molecule has 116 valence electrons. The predicted octanol–water partition coefficient (Wildman–Crippen LogP) is 2.14. The molecular formula is C15H12FN5OS. The Morgan fingerprint density at radius 1 is 1.35 bits per heavy atom. The molecule has 23 heavy (non-hydrogen) atoms. The standard InChI is InChI=1S/C15H12FN5OS/c1-23-15-20-12(18)11-10(7-3-2-4-8(16)5-7)9(6-17)13(19)22-14(11)21-15/h2-5,10H,19H2,1H3,(H2,18,20,21)/t10-/m0/s1. The van der Waals surface area contributed by atoms with Gasteiger partial charge >= 0.3 is 0 Å². The van der Waals surface area contributed by atoms with E-state index in [0.29, 0.717) is 16.3 Å². The van der Waals surface area contributed by atoms with Gasteiger partial charge in [0.1, 0.15) is 23.3 Å². The van der Waals surface area contributed by atoms with Crippen molar-refractivity contribution in [1.29, 1.82) is 5.26 Å². The maximum atomic E-state index is 13.6. The third kappa shape index (κ3) is 2.55. The summed E-state index contributed by atoms with van der Waals surface area (Å²) in [6.07, 6.45) is 1.80. The molecule has 1 aliphatic heterocycles. The first kappa shape index (κ1) is 15.1. The Hall–Kier alpha value is -2.79. The number of benzene rings is 1. The first-order valence-electron chi connectivity index (χ1n) is 6.59. The molecule has 0 unspecified atom stereocenters. The lowest BCUT2D eigenvalue weighted by Crippen LogP contribution is -2.23. The second-order valence-electron chi connectivity index (χ2n) is 4.79. The molecular weight excluding hydrogens is 317 g/mol. The normalized spacial score (nSPS) is 16.5. The summed E-state index contributed by atoms with van der Waals surface area (Å²) < 4.78 is 19.1. The van der Waals surface area contributed by atoms with Gasteiger partial charge in [0.2, 0.25) is 11.8 Å². The Kier molecular flexibility index (Phi) is 3.80. The zero-order valence-electron chi connectivity index (χ0n) is 12.1. The molecule has 0 aliphatic carbocycles. The molecule has 0 radical (unpaired) electrons. The smallest absolute Gasteiger partial charge is 0.231 e. The molecule has 1 aliphatic rings. The molecule has 8 heteroatoms. The van der Waals surface area contributed by atoms with Gasteiger partial charge in [0.05, 0.1) is 11.5 Å². The number of nitriles is 1. The van der Waals surface area contributed by atoms with Crippen molar-refractivity contribution < 1.29 is 9.13 Å². The highest BCUT2D eigenvalue weighted by molar-refractivity contribution is 7.98. The van der Waals surface area contributed by atoms with Crippen molar-refractivity contribution in [3.05, 3.63) is 52.7 Å². The highest BCUT2D eigenvalue weighted by Crippen LogP contribution is 2.43. The topological polar surface area (TPSA) is 111 Å². The van der Waals surface area contributed by atoms with Crippen LogP contribution < -0.4 is 16.2 Å². The van der Waals surface area contributed by atoms with Gasteiger partial charge in [-0.2, -0.15) is 10.2 Å². The zero-order valence-corrected chi connectivity index (χ0v) is 12.9. The van der Waals surface area contributed by atoms with Gasteiger partial charge in [0, 0.05) is 0 Å². The van der Waals surface area contributed by atoms with Crippen LogP contribution >= 0.6 is 11.8 Å². The van der Waals surface area contributed by atoms with E-state index in [2.05, 4.69) is 9.97 Å². The van der Waals surface area contributed by atoms with Gasteiger partial charge in [-0.15, -0.1) is 0 Å². The van der Waals surface area contributed by atoms with Crippen LogP contribution in [0.5, 0.6) is 5.88 Å². The van der Waals surface area contributed by atoms with E-state index >= 15 is 0 Å². The van der Waals surface area contributed by atoms with E-state index < -0.39 is 11.7 Å². The third-order valence-electron chi connectivity index (χ3n) is 3.45. The van der Waals surface area contributed by atoms with Crippen LogP contribution in [0.25, 0.3) is 0 Å². The average Bonchev–Trinajstić information content (AvgIpc) is 2.53. The summed E-state index contributed by atoms with van der Waals surface area (Å²) >= 11 is 1.30. The molecule has 0 amide bonds. The Morgan fingerprint density at radius 3 is 2.78 bits per heavy atom. The van der Waals surface area contributed by atoms with E-state index in [1.54, 1.807) is 18.4 Å². The van der Waals surface area contributed by atoms with E-state index in [1.165, 1.54) is 23.9 Å². The van der Waals surface area contributed by atoms with Gasteiger partial charge < -0.3 is 16.2 Å². The maximum Gasteiger partial charge on any atom is 0.231 e. The van der Waals surface area contributed by atoms with Crippen molar-refractivity contribution in [2.45, 2.75) is 11.1 Å². The quantitative estimate of drug-likeness (QED) is 0.641. The minimum absolute atomic E-state index is 0.0700. The molecule has 3 rings (SSSR count). The number of rotatable bonds is 2. The first-order chi connectivity index (χ1) is 11.0. The number of fused-ring (bicyclic) bond motifs is 1. The van der Waals surface area contributed by atoms with Crippen molar-refractivity contribution >= 4 is 17.6 Å². The highest BCUT2D eigenvalue weighted by Gasteiger charge is 2.34. The number of anilines is 1. The zero-order chi connectivity index (χ0) is 16.6. The van der Waals surface area contributed by atoms with Crippen LogP contribution in [0.1, 0.15) is 17.0 Å². The second kappa shape index (κ2) is 5.78. The number of hydrogen-bond acceptors (Lipinski definition) is 7. The SMILES string of the molecule is CSc1nc(N)c2c(n1)OC(N)=C(C#N)[C@@H]2c1cccc(F)c1. The van der Waals surface area contributed by atoms with Crippen LogP contribution in [0.15, 0.2) is 40.9 Å². The maximum absolute atomic E-state index is 13.6. The van der Waals surface area contributed by atoms with Crippen molar-refractivity contribution in [2.75, 3.05) is 12.0 Å². The number of aromatic nitrogens is 2. The van der Waals surface area contributed by atoms with Crippen LogP contribution in [0, 0.1) is 17.1 Å². The molecule has 1 aromatic carbocycles. The average molecular weight is 329 g/mol. The first-order valence-corrected chi connectivity index (χ1v) is 7.82. The number of hydrogen-bond donors (Lipinski definition) is 2. The molecule has 4 N–H and O–H groups in total. The molecule has 1 aromatic heterocycles. The lowest BCUT2D eigenvalue weighted by molar-refractivity contribution is 0.372. The van der Waals surface area contributed by atoms with Crippen LogP contribution in [-0.4, -0.2) is 16.2 Å². The van der Waals surface area contributed by atoms with Crippen LogP contribution in [0.4, 0.5) is 10.2 Å². The molecule has 1 atom stereocenters. The number of nitrogens with zero attached hydrogens (tertiary/aromatic N) is 3. The summed E-state index contributed by atoms with van der Waals surface area (Å²) in [4.78, 5) is 8.42. The number of halogens is 1. The largest absolute Gasteiger partial charge is 0.422 e. The van der Waals surface area contributed by atoms with E-state index in [-0.39, 0.29) is 23.2 Å². The third-order valence-corrected chi connectivity index (χ3v) is 4.00. The number of ether oxygens (including phenoxy) is 1. The van der Waals surface area contributed by atoms with Gasteiger partial charge in [0.15, 0.2) is 5.16 Å². The molecule has 6 nitrogen and oxygen atoms in total. The number of thioether (sulfide) groups is 1. The Morgan fingerprint density at radius 2 is 2.13 bits per heavy atom. The highest BCUT2D eigenvalue weighted by atomic mass is 32.2. The van der Waals surface area contributed by atoms with Gasteiger partial charge in [-0.25, -0.2) is 9.37 Å².